The summed E-state index contributed by atoms with van der Waals surface area (Å²) in [6.07, 6.45) is -2.90. The molecule has 0 N–H and O–H groups in total. The topological polar surface area (TPSA) is 64.5 Å². The molecule has 0 bridgehead atoms. The summed E-state index contributed by atoms with van der Waals surface area (Å²) in [7, 11) is 0. The standard InChI is InChI=1S/C18H21ClF3N3O3S/c1-4-5-9-27-10-25(13-11(2)7-6-8-12(13)3)15(26)14(19)28-17-24-23-16(29-17)18(20,21)22/h6-8,14H,4-5,9-10H2,1-3H3. The lowest BCUT2D eigenvalue weighted by Crippen LogP contribution is -2.41. The molecule has 0 aliphatic heterocycles. The highest BCUT2D eigenvalue weighted by atomic mass is 35.5. The minimum Gasteiger partial charge on any atom is -0.439 e. The normalized spacial score (nSPS) is 12.7. The highest BCUT2D eigenvalue weighted by molar-refractivity contribution is 7.13. The van der Waals surface area contributed by atoms with Crippen molar-refractivity contribution in [3.05, 3.63) is 34.3 Å². The van der Waals surface area contributed by atoms with Crippen LogP contribution in [0.3, 0.4) is 0 Å². The molecule has 0 fully saturated rings. The van der Waals surface area contributed by atoms with E-state index in [1.54, 1.807) is 0 Å². The molecule has 0 saturated heterocycles. The second kappa shape index (κ2) is 10.2. The fourth-order valence-corrected chi connectivity index (χ4v) is 3.35. The average Bonchev–Trinajstić information content (AvgIpc) is 3.11. The van der Waals surface area contributed by atoms with E-state index in [1.165, 1.54) is 4.90 Å². The molecule has 0 aliphatic rings. The van der Waals surface area contributed by atoms with Crippen LogP contribution < -0.4 is 9.64 Å². The number of halogens is 4. The number of hydrogen-bond donors (Lipinski definition) is 0. The smallest absolute Gasteiger partial charge is 0.439 e. The summed E-state index contributed by atoms with van der Waals surface area (Å²) in [5, 5.41) is 4.68. The van der Waals surface area contributed by atoms with Crippen molar-refractivity contribution in [2.45, 2.75) is 45.4 Å². The van der Waals surface area contributed by atoms with E-state index in [0.29, 0.717) is 12.3 Å². The highest BCUT2D eigenvalue weighted by Gasteiger charge is 2.37. The van der Waals surface area contributed by atoms with Crippen LogP contribution in [-0.2, 0) is 15.7 Å². The van der Waals surface area contributed by atoms with Gasteiger partial charge in [-0.1, -0.05) is 59.6 Å². The number of nitrogens with zero attached hydrogens (tertiary/aromatic N) is 3. The van der Waals surface area contributed by atoms with Gasteiger partial charge in [-0.25, -0.2) is 0 Å². The van der Waals surface area contributed by atoms with Gasteiger partial charge in [0.15, 0.2) is 0 Å². The van der Waals surface area contributed by atoms with Crippen molar-refractivity contribution in [1.29, 1.82) is 0 Å². The first-order valence-electron chi connectivity index (χ1n) is 8.82. The lowest BCUT2D eigenvalue weighted by molar-refractivity contribution is -0.138. The van der Waals surface area contributed by atoms with E-state index < -0.39 is 27.8 Å². The first kappa shape index (κ1) is 23.4. The Bertz CT molecular complexity index is 812. The van der Waals surface area contributed by atoms with E-state index in [-0.39, 0.29) is 18.1 Å². The minimum atomic E-state index is -4.65. The maximum atomic E-state index is 12.9. The fraction of sp³-hybridized carbons (Fsp3) is 0.500. The molecule has 1 unspecified atom stereocenters. The maximum absolute atomic E-state index is 12.9. The van der Waals surface area contributed by atoms with Gasteiger partial charge >= 0.3 is 6.18 Å². The zero-order chi connectivity index (χ0) is 21.6. The average molecular weight is 452 g/mol. The molecule has 11 heteroatoms. The number of carbonyl (C=O) groups excluding carboxylic acids is 1. The molecule has 1 amide bonds. The van der Waals surface area contributed by atoms with Crippen molar-refractivity contribution in [2.24, 2.45) is 0 Å². The number of unbranched alkanes of at least 4 members (excludes halogenated alkanes) is 1. The minimum absolute atomic E-state index is 0.0684. The van der Waals surface area contributed by atoms with Crippen molar-refractivity contribution in [3.63, 3.8) is 0 Å². The lowest BCUT2D eigenvalue weighted by Gasteiger charge is -2.27. The van der Waals surface area contributed by atoms with Crippen LogP contribution in [0.4, 0.5) is 18.9 Å². The van der Waals surface area contributed by atoms with Gasteiger partial charge in [0.2, 0.25) is 5.01 Å². The molecule has 2 aromatic rings. The number of carbonyl (C=O) groups is 1. The predicted molar refractivity (Wildman–Crippen MR) is 104 cm³/mol. The maximum Gasteiger partial charge on any atom is 0.445 e. The van der Waals surface area contributed by atoms with Gasteiger partial charge < -0.3 is 9.47 Å². The number of anilines is 1. The van der Waals surface area contributed by atoms with E-state index in [0.717, 1.165) is 24.0 Å². The van der Waals surface area contributed by atoms with Crippen LogP contribution in [-0.4, -0.2) is 35.0 Å². The second-order valence-electron chi connectivity index (χ2n) is 6.20. The number of hydrogen-bond acceptors (Lipinski definition) is 6. The summed E-state index contributed by atoms with van der Waals surface area (Å²) in [6.45, 7) is 6.06. The number of rotatable bonds is 9. The largest absolute Gasteiger partial charge is 0.445 e. The molecule has 29 heavy (non-hydrogen) atoms. The Balaban J connectivity index is 2.20. The quantitative estimate of drug-likeness (QED) is 0.307. The zero-order valence-electron chi connectivity index (χ0n) is 16.1. The Morgan fingerprint density at radius 3 is 2.48 bits per heavy atom. The van der Waals surface area contributed by atoms with Crippen LogP contribution in [0.1, 0.15) is 35.9 Å². The molecule has 160 valence electrons. The van der Waals surface area contributed by atoms with E-state index >= 15 is 0 Å². The van der Waals surface area contributed by atoms with E-state index in [4.69, 9.17) is 21.1 Å². The van der Waals surface area contributed by atoms with Gasteiger partial charge in [-0.2, -0.15) is 13.2 Å². The monoisotopic (exact) mass is 451 g/mol. The molecule has 1 heterocycles. The molecular weight excluding hydrogens is 431 g/mol. The first-order chi connectivity index (χ1) is 13.6. The Morgan fingerprint density at radius 2 is 1.93 bits per heavy atom. The third-order valence-electron chi connectivity index (χ3n) is 3.89. The lowest BCUT2D eigenvalue weighted by atomic mass is 10.1. The van der Waals surface area contributed by atoms with E-state index in [2.05, 4.69) is 10.2 Å². The number of alkyl halides is 4. The fourth-order valence-electron chi connectivity index (χ4n) is 2.51. The second-order valence-corrected chi connectivity index (χ2v) is 7.54. The Morgan fingerprint density at radius 1 is 1.28 bits per heavy atom. The van der Waals surface area contributed by atoms with Gasteiger partial charge in [0, 0.05) is 6.61 Å². The van der Waals surface area contributed by atoms with Crippen molar-refractivity contribution in [3.8, 4) is 5.19 Å². The number of aromatic nitrogens is 2. The van der Waals surface area contributed by atoms with Crippen LogP contribution in [0.5, 0.6) is 5.19 Å². The van der Waals surface area contributed by atoms with Crippen LogP contribution in [0, 0.1) is 13.8 Å². The molecule has 0 spiro atoms. The van der Waals surface area contributed by atoms with Crippen molar-refractivity contribution >= 4 is 34.5 Å². The van der Waals surface area contributed by atoms with Gasteiger partial charge in [-0.15, -0.1) is 5.10 Å². The third kappa shape index (κ3) is 6.28. The summed E-state index contributed by atoms with van der Waals surface area (Å²) in [5.41, 5.74) is 0.641. The molecule has 1 atom stereocenters. The SMILES string of the molecule is CCCCOCN(C(=O)C(Cl)Oc1nnc(C(F)(F)F)s1)c1c(C)cccc1C. The highest BCUT2D eigenvalue weighted by Crippen LogP contribution is 2.34. The van der Waals surface area contributed by atoms with Gasteiger partial charge in [-0.05, 0) is 31.4 Å². The number of ether oxygens (including phenoxy) is 2. The molecule has 1 aromatic carbocycles. The molecule has 2 rings (SSSR count). The third-order valence-corrected chi connectivity index (χ3v) is 5.02. The van der Waals surface area contributed by atoms with Crippen LogP contribution in [0.25, 0.3) is 0 Å². The van der Waals surface area contributed by atoms with Gasteiger partial charge in [0.05, 0.1) is 5.69 Å². The van der Waals surface area contributed by atoms with Crippen molar-refractivity contribution < 1.29 is 27.4 Å². The van der Waals surface area contributed by atoms with E-state index in [9.17, 15) is 18.0 Å². The molecule has 1 aromatic heterocycles. The summed E-state index contributed by atoms with van der Waals surface area (Å²) in [6, 6.07) is 5.52. The van der Waals surface area contributed by atoms with Gasteiger partial charge in [0.1, 0.15) is 6.73 Å². The Labute approximate surface area is 175 Å². The Hall–Kier alpha value is -1.91. The summed E-state index contributed by atoms with van der Waals surface area (Å²) in [4.78, 5) is 14.3. The summed E-state index contributed by atoms with van der Waals surface area (Å²) < 4.78 is 48.7. The predicted octanol–water partition coefficient (Wildman–Crippen LogP) is 4.92. The van der Waals surface area contributed by atoms with Crippen molar-refractivity contribution in [2.75, 3.05) is 18.2 Å². The molecule has 0 aliphatic carbocycles. The van der Waals surface area contributed by atoms with Crippen LogP contribution in [0.2, 0.25) is 0 Å². The van der Waals surface area contributed by atoms with Gasteiger partial charge in [-0.3, -0.25) is 9.69 Å². The number of benzene rings is 1. The van der Waals surface area contributed by atoms with Gasteiger partial charge in [0.25, 0.3) is 16.7 Å². The molecule has 0 saturated carbocycles. The van der Waals surface area contributed by atoms with Crippen LogP contribution >= 0.6 is 22.9 Å². The summed E-state index contributed by atoms with van der Waals surface area (Å²) in [5.74, 6) is -0.677. The first-order valence-corrected chi connectivity index (χ1v) is 10.1. The number of para-hydroxylation sites is 1. The van der Waals surface area contributed by atoms with E-state index in [1.807, 2.05) is 39.0 Å². The molecule has 6 nitrogen and oxygen atoms in total. The molecular formula is C18H21ClF3N3O3S. The molecule has 0 radical (unpaired) electrons. The number of aryl methyl sites for hydroxylation is 2. The van der Waals surface area contributed by atoms with Crippen molar-refractivity contribution in [1.82, 2.24) is 10.2 Å². The zero-order valence-corrected chi connectivity index (χ0v) is 17.7. The summed E-state index contributed by atoms with van der Waals surface area (Å²) >= 11 is 6.24. The Kier molecular flexibility index (Phi) is 8.23. The van der Waals surface area contributed by atoms with Crippen LogP contribution in [0.15, 0.2) is 18.2 Å². The number of amides is 1.